The van der Waals surface area contributed by atoms with E-state index in [9.17, 15) is 0 Å². The molecule has 6 bridgehead atoms. The van der Waals surface area contributed by atoms with E-state index >= 15 is 0 Å². The Morgan fingerprint density at radius 2 is 0.773 bits per heavy atom. The molecule has 3 aromatic carbocycles. The van der Waals surface area contributed by atoms with Gasteiger partial charge in [-0.2, -0.15) is 0 Å². The van der Waals surface area contributed by atoms with E-state index in [4.69, 9.17) is 0 Å². The van der Waals surface area contributed by atoms with Crippen LogP contribution in [-0.4, -0.2) is 0 Å². The van der Waals surface area contributed by atoms with Crippen LogP contribution in [0.15, 0.2) is 60.7 Å². The highest BCUT2D eigenvalue weighted by molar-refractivity contribution is 5.74. The largest absolute Gasteiger partial charge is 0.0544 e. The van der Waals surface area contributed by atoms with Gasteiger partial charge in [-0.3, -0.25) is 0 Å². The first kappa shape index (κ1) is 13.6. The summed E-state index contributed by atoms with van der Waals surface area (Å²) in [5, 5.41) is 5.29. The molecule has 0 saturated carbocycles. The summed E-state index contributed by atoms with van der Waals surface area (Å²) in [4.78, 5) is 0. The normalized spacial score (nSPS) is 15.1. The Labute approximate surface area is 132 Å². The van der Waals surface area contributed by atoms with Crippen LogP contribution in [0.25, 0.3) is 21.5 Å². The molecular formula is C22H22. The lowest BCUT2D eigenvalue weighted by atomic mass is 9.99. The number of benzene rings is 2. The number of rotatable bonds is 0. The summed E-state index contributed by atoms with van der Waals surface area (Å²) < 4.78 is 0. The predicted octanol–water partition coefficient (Wildman–Crippen LogP) is 6.21. The topological polar surface area (TPSA) is 0 Å². The van der Waals surface area contributed by atoms with Gasteiger partial charge in [0.15, 0.2) is 0 Å². The van der Waals surface area contributed by atoms with Crippen molar-refractivity contribution in [1.82, 2.24) is 0 Å². The SMILES string of the molecule is c1cc2cc3cc(ccc4cc(cc1c4)CCCCCC3)c2. The first-order chi connectivity index (χ1) is 10.8. The quantitative estimate of drug-likeness (QED) is 0.460. The van der Waals surface area contributed by atoms with Gasteiger partial charge in [0.05, 0.1) is 0 Å². The maximum absolute atomic E-state index is 2.35. The molecule has 0 heterocycles. The van der Waals surface area contributed by atoms with Gasteiger partial charge >= 0.3 is 0 Å². The summed E-state index contributed by atoms with van der Waals surface area (Å²) in [5.41, 5.74) is 2.95. The maximum Gasteiger partial charge on any atom is -0.0248 e. The van der Waals surface area contributed by atoms with Gasteiger partial charge in [0.25, 0.3) is 0 Å². The molecule has 0 heteroatoms. The van der Waals surface area contributed by atoms with Crippen LogP contribution in [0, 0.1) is 0 Å². The van der Waals surface area contributed by atoms with Crippen molar-refractivity contribution < 1.29 is 0 Å². The summed E-state index contributed by atoms with van der Waals surface area (Å²) >= 11 is 0. The summed E-state index contributed by atoms with van der Waals surface area (Å²) in [6, 6.07) is 23.0. The van der Waals surface area contributed by atoms with Crippen LogP contribution in [-0.2, 0) is 12.8 Å². The molecule has 0 saturated heterocycles. The Balaban J connectivity index is 2.02. The molecule has 3 aromatic rings. The monoisotopic (exact) mass is 286 g/mol. The second-order valence-corrected chi connectivity index (χ2v) is 6.60. The Bertz CT molecular complexity index is 713. The fraction of sp³-hybridized carbons (Fsp3) is 0.273. The van der Waals surface area contributed by atoms with Crippen molar-refractivity contribution >= 4 is 21.5 Å². The predicted molar refractivity (Wildman–Crippen MR) is 96.1 cm³/mol. The third kappa shape index (κ3) is 3.06. The van der Waals surface area contributed by atoms with Crippen LogP contribution < -0.4 is 0 Å². The standard InChI is InChI=1S/C22H22/c1-2-4-6-18-13-21-9-7-19-11-17(5-3-1)12-20(15-19)8-10-22(14-18)16-21/h7-16H,1-6H2. The average molecular weight is 286 g/mol. The van der Waals surface area contributed by atoms with E-state index in [0.717, 1.165) is 0 Å². The van der Waals surface area contributed by atoms with E-state index in [-0.39, 0.29) is 0 Å². The van der Waals surface area contributed by atoms with Gasteiger partial charge in [0.1, 0.15) is 0 Å². The minimum absolute atomic E-state index is 1.20. The molecule has 5 rings (SSSR count). The van der Waals surface area contributed by atoms with Gasteiger partial charge in [-0.15, -0.1) is 0 Å². The van der Waals surface area contributed by atoms with Gasteiger partial charge in [0, 0.05) is 0 Å². The van der Waals surface area contributed by atoms with Crippen molar-refractivity contribution in [3.05, 3.63) is 71.8 Å². The second kappa shape index (κ2) is 5.96. The van der Waals surface area contributed by atoms with Gasteiger partial charge < -0.3 is 0 Å². The van der Waals surface area contributed by atoms with E-state index < -0.39 is 0 Å². The summed E-state index contributed by atoms with van der Waals surface area (Å²) in [6.07, 6.45) is 7.71. The van der Waals surface area contributed by atoms with Gasteiger partial charge in [0.2, 0.25) is 0 Å². The Hall–Kier alpha value is -2.08. The van der Waals surface area contributed by atoms with Crippen molar-refractivity contribution in [2.24, 2.45) is 0 Å². The fourth-order valence-electron chi connectivity index (χ4n) is 3.56. The second-order valence-electron chi connectivity index (χ2n) is 6.60. The van der Waals surface area contributed by atoms with Gasteiger partial charge in [-0.25, -0.2) is 0 Å². The molecule has 0 atom stereocenters. The van der Waals surface area contributed by atoms with Gasteiger partial charge in [-0.05, 0) is 70.5 Å². The molecule has 22 heavy (non-hydrogen) atoms. The number of aryl methyl sites for hydroxylation is 2. The molecule has 2 aliphatic rings. The van der Waals surface area contributed by atoms with Crippen LogP contribution >= 0.6 is 0 Å². The zero-order chi connectivity index (χ0) is 14.8. The molecule has 0 amide bonds. The molecule has 0 aromatic heterocycles. The van der Waals surface area contributed by atoms with E-state index in [1.54, 1.807) is 0 Å². The van der Waals surface area contributed by atoms with Gasteiger partial charge in [-0.1, -0.05) is 61.4 Å². The first-order valence-electron chi connectivity index (χ1n) is 8.49. The molecule has 0 aliphatic heterocycles. The third-order valence-electron chi connectivity index (χ3n) is 4.69. The highest BCUT2D eigenvalue weighted by Gasteiger charge is 2.00. The van der Waals surface area contributed by atoms with Crippen LogP contribution in [0.2, 0.25) is 0 Å². The number of hydrogen-bond acceptors (Lipinski definition) is 0. The van der Waals surface area contributed by atoms with Crippen molar-refractivity contribution in [2.45, 2.75) is 38.5 Å². The smallest absolute Gasteiger partial charge is 0.0248 e. The van der Waals surface area contributed by atoms with E-state index in [0.29, 0.717) is 0 Å². The maximum atomic E-state index is 2.35. The zero-order valence-corrected chi connectivity index (χ0v) is 13.0. The van der Waals surface area contributed by atoms with Crippen molar-refractivity contribution in [3.8, 4) is 0 Å². The molecular weight excluding hydrogens is 264 g/mol. The first-order valence-corrected chi connectivity index (χ1v) is 8.49. The van der Waals surface area contributed by atoms with E-state index in [1.165, 1.54) is 71.2 Å². The molecule has 110 valence electrons. The van der Waals surface area contributed by atoms with Crippen molar-refractivity contribution in [3.63, 3.8) is 0 Å². The molecule has 0 spiro atoms. The minimum Gasteiger partial charge on any atom is -0.0544 e. The highest BCUT2D eigenvalue weighted by atomic mass is 14.1. The number of fused-ring (bicyclic) bond motifs is 7. The molecule has 0 N–H and O–H groups in total. The lowest BCUT2D eigenvalue weighted by Crippen LogP contribution is -1.90. The highest BCUT2D eigenvalue weighted by Crippen LogP contribution is 2.20. The van der Waals surface area contributed by atoms with Crippen LogP contribution in [0.4, 0.5) is 0 Å². The summed E-state index contributed by atoms with van der Waals surface area (Å²) in [5.74, 6) is 0. The number of hydrogen-bond donors (Lipinski definition) is 0. The van der Waals surface area contributed by atoms with E-state index in [1.807, 2.05) is 0 Å². The lowest BCUT2D eigenvalue weighted by molar-refractivity contribution is 0.641. The molecule has 0 fully saturated rings. The Morgan fingerprint density at radius 1 is 0.409 bits per heavy atom. The Morgan fingerprint density at radius 3 is 1.14 bits per heavy atom. The lowest BCUT2D eigenvalue weighted by Gasteiger charge is -2.07. The molecule has 0 unspecified atom stereocenters. The Kier molecular flexibility index (Phi) is 3.68. The third-order valence-corrected chi connectivity index (χ3v) is 4.69. The van der Waals surface area contributed by atoms with E-state index in [2.05, 4.69) is 60.7 Å². The zero-order valence-electron chi connectivity index (χ0n) is 13.0. The van der Waals surface area contributed by atoms with Crippen LogP contribution in [0.3, 0.4) is 0 Å². The fourth-order valence-corrected chi connectivity index (χ4v) is 3.56. The average Bonchev–Trinajstić information content (AvgIpc) is 2.53. The molecule has 0 nitrogen and oxygen atoms in total. The molecule has 2 aliphatic carbocycles. The molecule has 0 radical (unpaired) electrons. The summed E-state index contributed by atoms with van der Waals surface area (Å²) in [7, 11) is 0. The van der Waals surface area contributed by atoms with Crippen molar-refractivity contribution in [2.75, 3.05) is 0 Å². The van der Waals surface area contributed by atoms with Crippen molar-refractivity contribution in [1.29, 1.82) is 0 Å². The minimum atomic E-state index is 1.20. The van der Waals surface area contributed by atoms with Crippen LogP contribution in [0.5, 0.6) is 0 Å². The summed E-state index contributed by atoms with van der Waals surface area (Å²) in [6.45, 7) is 0. The van der Waals surface area contributed by atoms with Crippen LogP contribution in [0.1, 0.15) is 36.8 Å².